The Morgan fingerprint density at radius 3 is 2.33 bits per heavy atom. The van der Waals surface area contributed by atoms with Crippen molar-refractivity contribution < 1.29 is 8.78 Å². The van der Waals surface area contributed by atoms with Gasteiger partial charge >= 0.3 is 0 Å². The Morgan fingerprint density at radius 2 is 1.61 bits per heavy atom. The molecule has 3 aromatic rings. The van der Waals surface area contributed by atoms with Gasteiger partial charge in [0.2, 0.25) is 0 Å². The van der Waals surface area contributed by atoms with Crippen LogP contribution in [0.15, 0.2) is 54.6 Å². The van der Waals surface area contributed by atoms with Crippen LogP contribution in [0.4, 0.5) is 20.2 Å². The van der Waals surface area contributed by atoms with Gasteiger partial charge in [0.15, 0.2) is 0 Å². The SMILES string of the molecule is Cc1ccc(N2CCCCC2)cc1-c1cc(C#N)ccc1N1CCC(Cc2ccc(F)cc2F)CC1. The number of nitriles is 1. The standard InChI is InChI=1S/C31H33F2N3/c1-22-5-9-27(35-13-3-2-4-14-35)20-28(22)29-18-24(21-34)6-10-31(29)36-15-11-23(12-16-36)17-25-7-8-26(32)19-30(25)33/h5-10,18-20,23H,2-4,11-17H2,1H3. The van der Waals surface area contributed by atoms with Gasteiger partial charge in [-0.25, -0.2) is 8.78 Å². The number of hydrogen-bond donors (Lipinski definition) is 0. The Labute approximate surface area is 213 Å². The molecule has 0 unspecified atom stereocenters. The fraction of sp³-hybridized carbons (Fsp3) is 0.387. The van der Waals surface area contributed by atoms with Crippen molar-refractivity contribution in [2.45, 2.75) is 45.4 Å². The van der Waals surface area contributed by atoms with Gasteiger partial charge in [0.25, 0.3) is 0 Å². The predicted molar refractivity (Wildman–Crippen MR) is 142 cm³/mol. The highest BCUT2D eigenvalue weighted by Gasteiger charge is 2.24. The minimum absolute atomic E-state index is 0.368. The summed E-state index contributed by atoms with van der Waals surface area (Å²) in [5.74, 6) is -0.609. The van der Waals surface area contributed by atoms with Crippen molar-refractivity contribution in [3.8, 4) is 17.2 Å². The second-order valence-electron chi connectivity index (χ2n) is 10.3. The molecule has 0 bridgehead atoms. The van der Waals surface area contributed by atoms with Crippen LogP contribution < -0.4 is 9.80 Å². The molecule has 0 saturated carbocycles. The van der Waals surface area contributed by atoms with Crippen LogP contribution in [-0.4, -0.2) is 26.2 Å². The lowest BCUT2D eigenvalue weighted by molar-refractivity contribution is 0.397. The Kier molecular flexibility index (Phi) is 7.23. The van der Waals surface area contributed by atoms with Crippen LogP contribution in [0.3, 0.4) is 0 Å². The summed E-state index contributed by atoms with van der Waals surface area (Å²) in [7, 11) is 0. The molecule has 3 nitrogen and oxygen atoms in total. The van der Waals surface area contributed by atoms with Gasteiger partial charge in [0.05, 0.1) is 11.6 Å². The fourth-order valence-corrected chi connectivity index (χ4v) is 5.72. The molecule has 2 heterocycles. The molecule has 2 aliphatic heterocycles. The summed E-state index contributed by atoms with van der Waals surface area (Å²) in [6, 6.07) is 19.0. The molecule has 0 amide bonds. The summed E-state index contributed by atoms with van der Waals surface area (Å²) in [6.07, 6.45) is 6.29. The summed E-state index contributed by atoms with van der Waals surface area (Å²) < 4.78 is 27.5. The van der Waals surface area contributed by atoms with Crippen LogP contribution in [0.25, 0.3) is 11.1 Å². The molecule has 0 spiro atoms. The maximum absolute atomic E-state index is 14.2. The Balaban J connectivity index is 1.39. The van der Waals surface area contributed by atoms with Gasteiger partial charge in [-0.1, -0.05) is 12.1 Å². The van der Waals surface area contributed by atoms with Gasteiger partial charge in [-0.3, -0.25) is 0 Å². The highest BCUT2D eigenvalue weighted by molar-refractivity contribution is 5.83. The average Bonchev–Trinajstić information content (AvgIpc) is 2.91. The van der Waals surface area contributed by atoms with Gasteiger partial charge in [0.1, 0.15) is 11.6 Å². The molecule has 0 N–H and O–H groups in total. The fourth-order valence-electron chi connectivity index (χ4n) is 5.72. The van der Waals surface area contributed by atoms with E-state index in [9.17, 15) is 14.0 Å². The van der Waals surface area contributed by atoms with E-state index >= 15 is 0 Å². The van der Waals surface area contributed by atoms with Gasteiger partial charge in [0, 0.05) is 49.2 Å². The highest BCUT2D eigenvalue weighted by Crippen LogP contribution is 2.38. The second kappa shape index (κ2) is 10.7. The van der Waals surface area contributed by atoms with Gasteiger partial charge < -0.3 is 9.80 Å². The van der Waals surface area contributed by atoms with Crippen LogP contribution in [0.1, 0.15) is 48.8 Å². The Hall–Kier alpha value is -3.39. The molecule has 5 heteroatoms. The van der Waals surface area contributed by atoms with E-state index in [0.717, 1.165) is 56.3 Å². The third-order valence-electron chi connectivity index (χ3n) is 7.84. The second-order valence-corrected chi connectivity index (χ2v) is 10.3. The van der Waals surface area contributed by atoms with Crippen molar-refractivity contribution in [1.82, 2.24) is 0 Å². The third-order valence-corrected chi connectivity index (χ3v) is 7.84. The van der Waals surface area contributed by atoms with E-state index < -0.39 is 11.6 Å². The maximum atomic E-state index is 14.2. The Morgan fingerprint density at radius 1 is 0.833 bits per heavy atom. The number of anilines is 2. The number of halogens is 2. The number of piperidine rings is 2. The number of benzene rings is 3. The summed E-state index contributed by atoms with van der Waals surface area (Å²) >= 11 is 0. The van der Waals surface area contributed by atoms with E-state index in [4.69, 9.17) is 0 Å². The molecule has 186 valence electrons. The first-order valence-electron chi connectivity index (χ1n) is 13.1. The lowest BCUT2D eigenvalue weighted by atomic mass is 9.88. The predicted octanol–water partition coefficient (Wildman–Crippen LogP) is 7.26. The monoisotopic (exact) mass is 485 g/mol. The smallest absolute Gasteiger partial charge is 0.129 e. The molecule has 2 saturated heterocycles. The van der Waals surface area contributed by atoms with Crippen LogP contribution in [0.5, 0.6) is 0 Å². The minimum atomic E-state index is -0.529. The van der Waals surface area contributed by atoms with E-state index in [1.165, 1.54) is 42.1 Å². The van der Waals surface area contributed by atoms with E-state index in [1.807, 2.05) is 12.1 Å². The van der Waals surface area contributed by atoms with Crippen molar-refractivity contribution >= 4 is 11.4 Å². The number of nitrogens with zero attached hydrogens (tertiary/aromatic N) is 3. The number of aryl methyl sites for hydroxylation is 1. The molecule has 2 aliphatic rings. The van der Waals surface area contributed by atoms with Crippen LogP contribution in [0.2, 0.25) is 0 Å². The van der Waals surface area contributed by atoms with Crippen LogP contribution in [0, 0.1) is 35.8 Å². The van der Waals surface area contributed by atoms with Gasteiger partial charge in [-0.2, -0.15) is 5.26 Å². The number of hydrogen-bond acceptors (Lipinski definition) is 3. The zero-order valence-corrected chi connectivity index (χ0v) is 20.9. The molecule has 2 fully saturated rings. The molecule has 0 radical (unpaired) electrons. The first-order chi connectivity index (χ1) is 17.5. The zero-order valence-electron chi connectivity index (χ0n) is 20.9. The first-order valence-corrected chi connectivity index (χ1v) is 13.1. The molecular formula is C31H33F2N3. The minimum Gasteiger partial charge on any atom is -0.372 e. The first kappa shape index (κ1) is 24.3. The molecule has 3 aromatic carbocycles. The molecule has 0 aliphatic carbocycles. The summed E-state index contributed by atoms with van der Waals surface area (Å²) in [4.78, 5) is 4.88. The van der Waals surface area contributed by atoms with Gasteiger partial charge in [-0.15, -0.1) is 0 Å². The lowest BCUT2D eigenvalue weighted by Gasteiger charge is -2.35. The molecule has 0 aromatic heterocycles. The van der Waals surface area contributed by atoms with Gasteiger partial charge in [-0.05, 0) is 104 Å². The molecule has 0 atom stereocenters. The zero-order chi connectivity index (χ0) is 25.1. The number of rotatable bonds is 5. The average molecular weight is 486 g/mol. The van der Waals surface area contributed by atoms with Crippen molar-refractivity contribution in [2.75, 3.05) is 36.0 Å². The third kappa shape index (κ3) is 5.23. The maximum Gasteiger partial charge on any atom is 0.129 e. The van der Waals surface area contributed by atoms with E-state index in [-0.39, 0.29) is 0 Å². The molecule has 36 heavy (non-hydrogen) atoms. The molecule has 5 rings (SSSR count). The highest BCUT2D eigenvalue weighted by atomic mass is 19.1. The van der Waals surface area contributed by atoms with Crippen molar-refractivity contribution in [3.63, 3.8) is 0 Å². The molecular weight excluding hydrogens is 452 g/mol. The Bertz CT molecular complexity index is 1270. The van der Waals surface area contributed by atoms with Crippen molar-refractivity contribution in [1.29, 1.82) is 5.26 Å². The quantitative estimate of drug-likeness (QED) is 0.381. The largest absolute Gasteiger partial charge is 0.372 e. The lowest BCUT2D eigenvalue weighted by Crippen LogP contribution is -2.34. The summed E-state index contributed by atoms with van der Waals surface area (Å²) in [5, 5.41) is 9.63. The van der Waals surface area contributed by atoms with Crippen LogP contribution in [-0.2, 0) is 6.42 Å². The topological polar surface area (TPSA) is 30.3 Å². The summed E-state index contributed by atoms with van der Waals surface area (Å²) in [5.41, 5.74) is 7.16. The normalized spacial score (nSPS) is 16.7. The van der Waals surface area contributed by atoms with Crippen LogP contribution >= 0.6 is 0 Å². The summed E-state index contributed by atoms with van der Waals surface area (Å²) in [6.45, 7) is 6.07. The van der Waals surface area contributed by atoms with Crippen molar-refractivity contribution in [3.05, 3.63) is 82.9 Å². The van der Waals surface area contributed by atoms with E-state index in [1.54, 1.807) is 6.07 Å². The van der Waals surface area contributed by atoms with E-state index in [0.29, 0.717) is 23.5 Å². The van der Waals surface area contributed by atoms with Crippen molar-refractivity contribution in [2.24, 2.45) is 5.92 Å². The van der Waals surface area contributed by atoms with E-state index in [2.05, 4.69) is 47.1 Å².